The minimum Gasteiger partial charge on any atom is -0.462 e. The number of carbonyl (C=O) groups excluding carboxylic acids is 2. The van der Waals surface area contributed by atoms with Crippen LogP contribution in [0.3, 0.4) is 0 Å². The van der Waals surface area contributed by atoms with Crippen LogP contribution in [0.25, 0.3) is 0 Å². The molecule has 1 N–H and O–H groups in total. The van der Waals surface area contributed by atoms with E-state index in [1.54, 1.807) is 0 Å². The monoisotopic (exact) mass is 849 g/mol. The standard InChI is InChI=1S/C55H108O5/c1-3-5-7-9-10-11-12-13-14-15-16-17-18-19-20-21-22-23-24-25-26-27-28-29-30-31-32-33-34-35-36-37-38-39-40-41-42-43-44-46-48-50-55(58)60-53(51-56)52-59-54(57)49-47-45-8-6-4-2/h53,56H,3-52H2,1-2H3. The summed E-state index contributed by atoms with van der Waals surface area (Å²) in [5.41, 5.74) is 0. The van der Waals surface area contributed by atoms with E-state index in [1.165, 1.54) is 257 Å². The fourth-order valence-electron chi connectivity index (χ4n) is 8.74. The Morgan fingerprint density at radius 1 is 0.317 bits per heavy atom. The summed E-state index contributed by atoms with van der Waals surface area (Å²) in [7, 11) is 0. The summed E-state index contributed by atoms with van der Waals surface area (Å²) in [5, 5.41) is 9.50. The number of unbranched alkanes of at least 4 members (excludes halogenated alkanes) is 44. The van der Waals surface area contributed by atoms with Gasteiger partial charge in [-0.05, 0) is 12.8 Å². The van der Waals surface area contributed by atoms with E-state index in [4.69, 9.17) is 9.47 Å². The predicted molar refractivity (Wildman–Crippen MR) is 261 cm³/mol. The zero-order valence-corrected chi connectivity index (χ0v) is 41.0. The van der Waals surface area contributed by atoms with Crippen molar-refractivity contribution < 1.29 is 24.2 Å². The molecule has 0 amide bonds. The summed E-state index contributed by atoms with van der Waals surface area (Å²) in [5.74, 6) is -0.588. The molecule has 358 valence electrons. The number of rotatable bonds is 52. The first-order chi connectivity index (χ1) is 29.6. The molecule has 0 bridgehead atoms. The third kappa shape index (κ3) is 49.6. The highest BCUT2D eigenvalue weighted by molar-refractivity contribution is 5.70. The van der Waals surface area contributed by atoms with Crippen LogP contribution in [0, 0.1) is 0 Å². The highest BCUT2D eigenvalue weighted by Crippen LogP contribution is 2.18. The van der Waals surface area contributed by atoms with E-state index in [0.29, 0.717) is 12.8 Å². The maximum absolute atomic E-state index is 12.2. The van der Waals surface area contributed by atoms with Crippen LogP contribution < -0.4 is 0 Å². The molecular formula is C55H108O5. The van der Waals surface area contributed by atoms with E-state index in [0.717, 1.165) is 38.5 Å². The molecular weight excluding hydrogens is 741 g/mol. The van der Waals surface area contributed by atoms with Gasteiger partial charge in [-0.1, -0.05) is 296 Å². The van der Waals surface area contributed by atoms with Crippen LogP contribution in [-0.2, 0) is 19.1 Å². The number of aliphatic hydroxyl groups excluding tert-OH is 1. The van der Waals surface area contributed by atoms with Crippen LogP contribution >= 0.6 is 0 Å². The molecule has 5 nitrogen and oxygen atoms in total. The van der Waals surface area contributed by atoms with Gasteiger partial charge in [0.15, 0.2) is 6.10 Å². The number of aliphatic hydroxyl groups is 1. The van der Waals surface area contributed by atoms with Crippen molar-refractivity contribution in [2.24, 2.45) is 0 Å². The topological polar surface area (TPSA) is 72.8 Å². The zero-order chi connectivity index (χ0) is 43.5. The summed E-state index contributed by atoms with van der Waals surface area (Å²) < 4.78 is 10.5. The van der Waals surface area contributed by atoms with E-state index >= 15 is 0 Å². The van der Waals surface area contributed by atoms with Crippen molar-refractivity contribution in [2.75, 3.05) is 13.2 Å². The lowest BCUT2D eigenvalue weighted by atomic mass is 10.0. The van der Waals surface area contributed by atoms with Gasteiger partial charge in [-0.15, -0.1) is 0 Å². The van der Waals surface area contributed by atoms with Gasteiger partial charge in [-0.25, -0.2) is 0 Å². The number of ether oxygens (including phenoxy) is 2. The summed E-state index contributed by atoms with van der Waals surface area (Å²) in [4.78, 5) is 24.0. The number of carbonyl (C=O) groups is 2. The van der Waals surface area contributed by atoms with Gasteiger partial charge in [0.2, 0.25) is 0 Å². The van der Waals surface area contributed by atoms with Gasteiger partial charge in [-0.2, -0.15) is 0 Å². The van der Waals surface area contributed by atoms with Crippen molar-refractivity contribution in [3.63, 3.8) is 0 Å². The molecule has 5 heteroatoms. The molecule has 1 unspecified atom stereocenters. The first-order valence-corrected chi connectivity index (χ1v) is 27.6. The Balaban J connectivity index is 3.23. The average molecular weight is 849 g/mol. The lowest BCUT2D eigenvalue weighted by Crippen LogP contribution is -2.28. The third-order valence-electron chi connectivity index (χ3n) is 12.9. The summed E-state index contributed by atoms with van der Waals surface area (Å²) in [6, 6.07) is 0. The van der Waals surface area contributed by atoms with Crippen molar-refractivity contribution >= 4 is 11.9 Å². The van der Waals surface area contributed by atoms with Gasteiger partial charge < -0.3 is 14.6 Å². The molecule has 60 heavy (non-hydrogen) atoms. The molecule has 0 saturated carbocycles. The molecule has 0 aromatic heterocycles. The SMILES string of the molecule is CCCCCCCCCCCCCCCCCCCCCCCCCCCCCCCCCCCCCCCCCCCC(=O)OC(CO)COC(=O)CCCCCCC. The maximum atomic E-state index is 12.2. The first-order valence-electron chi connectivity index (χ1n) is 27.6. The molecule has 0 rings (SSSR count). The van der Waals surface area contributed by atoms with Gasteiger partial charge in [-0.3, -0.25) is 9.59 Å². The molecule has 0 aromatic rings. The Hall–Kier alpha value is -1.10. The van der Waals surface area contributed by atoms with E-state index in [1.807, 2.05) is 0 Å². The Bertz CT molecular complexity index is 830. The van der Waals surface area contributed by atoms with Crippen LogP contribution in [0.1, 0.15) is 322 Å². The average Bonchev–Trinajstić information content (AvgIpc) is 3.25. The van der Waals surface area contributed by atoms with Crippen molar-refractivity contribution in [2.45, 2.75) is 328 Å². The predicted octanol–water partition coefficient (Wildman–Crippen LogP) is 18.2. The lowest BCUT2D eigenvalue weighted by Gasteiger charge is -2.15. The Morgan fingerprint density at radius 3 is 0.733 bits per heavy atom. The van der Waals surface area contributed by atoms with Gasteiger partial charge in [0, 0.05) is 12.8 Å². The molecule has 0 aliphatic heterocycles. The van der Waals surface area contributed by atoms with Crippen molar-refractivity contribution in [1.82, 2.24) is 0 Å². The Kier molecular flexibility index (Phi) is 51.3. The highest BCUT2D eigenvalue weighted by Gasteiger charge is 2.16. The maximum Gasteiger partial charge on any atom is 0.306 e. The van der Waals surface area contributed by atoms with Gasteiger partial charge in [0.25, 0.3) is 0 Å². The second kappa shape index (κ2) is 52.2. The van der Waals surface area contributed by atoms with E-state index in [9.17, 15) is 14.7 Å². The Labute approximate surface area is 376 Å². The summed E-state index contributed by atoms with van der Waals surface area (Å²) >= 11 is 0. The molecule has 0 heterocycles. The van der Waals surface area contributed by atoms with Gasteiger partial charge in [0.05, 0.1) is 6.61 Å². The smallest absolute Gasteiger partial charge is 0.306 e. The summed E-state index contributed by atoms with van der Waals surface area (Å²) in [6.45, 7) is 4.09. The molecule has 0 radical (unpaired) electrons. The second-order valence-corrected chi connectivity index (χ2v) is 19.0. The molecule has 0 aromatic carbocycles. The molecule has 0 aliphatic carbocycles. The quantitative estimate of drug-likeness (QED) is 0.0488. The zero-order valence-electron chi connectivity index (χ0n) is 41.0. The van der Waals surface area contributed by atoms with Crippen molar-refractivity contribution in [1.29, 1.82) is 0 Å². The normalized spacial score (nSPS) is 12.0. The second-order valence-electron chi connectivity index (χ2n) is 19.0. The summed E-state index contributed by atoms with van der Waals surface area (Å²) in [6.07, 6.45) is 63.1. The largest absolute Gasteiger partial charge is 0.462 e. The van der Waals surface area contributed by atoms with Crippen LogP contribution in [-0.4, -0.2) is 36.4 Å². The minimum absolute atomic E-state index is 0.0597. The highest BCUT2D eigenvalue weighted by atomic mass is 16.6. The van der Waals surface area contributed by atoms with E-state index in [2.05, 4.69) is 13.8 Å². The van der Waals surface area contributed by atoms with Gasteiger partial charge >= 0.3 is 11.9 Å². The van der Waals surface area contributed by atoms with Crippen molar-refractivity contribution in [3.05, 3.63) is 0 Å². The number of esters is 2. The number of hydrogen-bond donors (Lipinski definition) is 1. The van der Waals surface area contributed by atoms with E-state index < -0.39 is 6.10 Å². The minimum atomic E-state index is -0.760. The number of hydrogen-bond acceptors (Lipinski definition) is 5. The van der Waals surface area contributed by atoms with Crippen LogP contribution in [0.5, 0.6) is 0 Å². The lowest BCUT2D eigenvalue weighted by molar-refractivity contribution is -0.161. The van der Waals surface area contributed by atoms with Crippen LogP contribution in [0.2, 0.25) is 0 Å². The molecule has 0 fully saturated rings. The van der Waals surface area contributed by atoms with Crippen LogP contribution in [0.4, 0.5) is 0 Å². The van der Waals surface area contributed by atoms with Crippen LogP contribution in [0.15, 0.2) is 0 Å². The molecule has 1 atom stereocenters. The molecule has 0 spiro atoms. The fourth-order valence-corrected chi connectivity index (χ4v) is 8.74. The van der Waals surface area contributed by atoms with Gasteiger partial charge in [0.1, 0.15) is 6.61 Å². The van der Waals surface area contributed by atoms with E-state index in [-0.39, 0.29) is 25.2 Å². The third-order valence-corrected chi connectivity index (χ3v) is 12.9. The molecule has 0 aliphatic rings. The fraction of sp³-hybridized carbons (Fsp3) is 0.964. The Morgan fingerprint density at radius 2 is 0.517 bits per heavy atom. The van der Waals surface area contributed by atoms with Crippen molar-refractivity contribution in [3.8, 4) is 0 Å². The first kappa shape index (κ1) is 58.9. The molecule has 0 saturated heterocycles.